The molecule has 2 rings (SSSR count). The number of aromatic nitrogens is 1. The predicted molar refractivity (Wildman–Crippen MR) is 124 cm³/mol. The van der Waals surface area contributed by atoms with Crippen LogP contribution in [0.3, 0.4) is 0 Å². The number of nitrogens with zero attached hydrogens (tertiary/aromatic N) is 4. The zero-order chi connectivity index (χ0) is 20.9. The summed E-state index contributed by atoms with van der Waals surface area (Å²) in [5.74, 6) is 0.704. The number of aliphatic imine (C=N–C) groups is 2. The van der Waals surface area contributed by atoms with Gasteiger partial charge in [-0.25, -0.2) is 0 Å². The van der Waals surface area contributed by atoms with E-state index < -0.39 is 0 Å². The van der Waals surface area contributed by atoms with E-state index in [0.29, 0.717) is 18.1 Å². The molecule has 2 N–H and O–H groups in total. The summed E-state index contributed by atoms with van der Waals surface area (Å²) in [6.45, 7) is 4.86. The van der Waals surface area contributed by atoms with Gasteiger partial charge in [-0.15, -0.1) is 0 Å². The van der Waals surface area contributed by atoms with E-state index in [0.717, 1.165) is 35.7 Å². The molecule has 2 aromatic rings. The largest absolute Gasteiger partial charge is 0.352 e. The molecule has 7 heteroatoms. The van der Waals surface area contributed by atoms with Crippen molar-refractivity contribution >= 4 is 35.0 Å². The van der Waals surface area contributed by atoms with Crippen molar-refractivity contribution in [3.05, 3.63) is 53.7 Å². The first kappa shape index (κ1) is 22.4. The van der Waals surface area contributed by atoms with Crippen LogP contribution in [-0.2, 0) is 6.54 Å². The monoisotopic (exact) mass is 408 g/mol. The zero-order valence-electron chi connectivity index (χ0n) is 17.2. The summed E-state index contributed by atoms with van der Waals surface area (Å²) in [7, 11) is 1.75. The van der Waals surface area contributed by atoms with Crippen LogP contribution in [0.15, 0.2) is 52.6 Å². The molecule has 152 valence electrons. The molecule has 6 nitrogen and oxygen atoms in total. The van der Waals surface area contributed by atoms with E-state index in [-0.39, 0.29) is 5.37 Å². The van der Waals surface area contributed by atoms with Gasteiger partial charge in [0.15, 0.2) is 0 Å². The second-order valence-electron chi connectivity index (χ2n) is 6.39. The lowest BCUT2D eigenvalue weighted by atomic mass is 10.1. The van der Waals surface area contributed by atoms with Crippen molar-refractivity contribution in [2.45, 2.75) is 45.0 Å². The number of hydrogen-bond donors (Lipinski definition) is 2. The SMILES string of the molecule is CC/C=C\C=NC(CCC)SNC(=NC)NCc1cnc2cc(C#N)ccc2c1. The predicted octanol–water partition coefficient (Wildman–Crippen LogP) is 4.58. The third-order valence-electron chi connectivity index (χ3n) is 4.09. The number of nitrogens with one attached hydrogen (secondary N) is 2. The molecule has 0 amide bonds. The Hall–Kier alpha value is -2.85. The average Bonchev–Trinajstić information content (AvgIpc) is 2.76. The molecule has 1 aromatic carbocycles. The molecular formula is C22H28N6S. The number of guanidine groups is 1. The molecule has 0 aliphatic carbocycles. The van der Waals surface area contributed by atoms with Crippen molar-refractivity contribution in [3.8, 4) is 6.07 Å². The Morgan fingerprint density at radius 2 is 2.21 bits per heavy atom. The minimum Gasteiger partial charge on any atom is -0.352 e. The minimum absolute atomic E-state index is 0.136. The number of benzene rings is 1. The average molecular weight is 409 g/mol. The van der Waals surface area contributed by atoms with Gasteiger partial charge in [0.05, 0.1) is 17.1 Å². The Morgan fingerprint density at radius 1 is 1.34 bits per heavy atom. The smallest absolute Gasteiger partial charge is 0.201 e. The highest BCUT2D eigenvalue weighted by Gasteiger charge is 2.08. The first-order valence-corrected chi connectivity index (χ1v) is 10.7. The number of allylic oxidation sites excluding steroid dienone is 2. The van der Waals surface area contributed by atoms with Gasteiger partial charge in [0.25, 0.3) is 0 Å². The van der Waals surface area contributed by atoms with Crippen LogP contribution >= 0.6 is 11.9 Å². The van der Waals surface area contributed by atoms with Crippen LogP contribution in [-0.4, -0.2) is 29.6 Å². The molecule has 0 bridgehead atoms. The molecule has 1 aromatic heterocycles. The Kier molecular flexibility index (Phi) is 9.73. The minimum atomic E-state index is 0.136. The maximum Gasteiger partial charge on any atom is 0.201 e. The van der Waals surface area contributed by atoms with Gasteiger partial charge in [0.1, 0.15) is 5.37 Å². The van der Waals surface area contributed by atoms with Crippen molar-refractivity contribution in [1.82, 2.24) is 15.0 Å². The van der Waals surface area contributed by atoms with Crippen molar-refractivity contribution in [3.63, 3.8) is 0 Å². The Bertz CT molecular complexity index is 913. The summed E-state index contributed by atoms with van der Waals surface area (Å²) in [4.78, 5) is 13.3. The number of rotatable bonds is 9. The topological polar surface area (TPSA) is 85.5 Å². The molecule has 29 heavy (non-hydrogen) atoms. The fourth-order valence-electron chi connectivity index (χ4n) is 2.56. The van der Waals surface area contributed by atoms with Crippen LogP contribution in [0, 0.1) is 11.3 Å². The number of nitriles is 1. The standard InChI is InChI=1S/C22H28N6S/c1-4-6-7-11-25-21(8-5-2)29-28-22(24-3)27-16-18-12-19-10-9-17(14-23)13-20(19)26-15-18/h6-7,9-13,15,21H,4-5,8,16H2,1-3H3,(H2,24,27,28)/b7-6-,25-11?. The molecule has 0 radical (unpaired) electrons. The van der Waals surface area contributed by atoms with Gasteiger partial charge in [-0.2, -0.15) is 5.26 Å². The van der Waals surface area contributed by atoms with Gasteiger partial charge in [-0.05, 0) is 54.6 Å². The highest BCUT2D eigenvalue weighted by molar-refractivity contribution is 7.98. The molecule has 1 unspecified atom stereocenters. The van der Waals surface area contributed by atoms with Gasteiger partial charge in [-0.3, -0.25) is 19.7 Å². The molecule has 0 saturated carbocycles. The van der Waals surface area contributed by atoms with Crippen molar-refractivity contribution < 1.29 is 0 Å². The van der Waals surface area contributed by atoms with Crippen LogP contribution in [0.1, 0.15) is 44.2 Å². The third kappa shape index (κ3) is 7.59. The summed E-state index contributed by atoms with van der Waals surface area (Å²) < 4.78 is 3.28. The van der Waals surface area contributed by atoms with Crippen LogP contribution < -0.4 is 10.0 Å². The van der Waals surface area contributed by atoms with Crippen LogP contribution in [0.2, 0.25) is 0 Å². The molecule has 0 saturated heterocycles. The third-order valence-corrected chi connectivity index (χ3v) is 5.03. The molecule has 0 spiro atoms. The van der Waals surface area contributed by atoms with E-state index >= 15 is 0 Å². The quantitative estimate of drug-likeness (QED) is 0.360. The maximum atomic E-state index is 9.00. The second-order valence-corrected chi connectivity index (χ2v) is 7.37. The summed E-state index contributed by atoms with van der Waals surface area (Å²) in [6, 6.07) is 9.74. The van der Waals surface area contributed by atoms with E-state index in [1.807, 2.05) is 30.6 Å². The fourth-order valence-corrected chi connectivity index (χ4v) is 3.45. The zero-order valence-corrected chi connectivity index (χ0v) is 18.0. The van der Waals surface area contributed by atoms with Crippen molar-refractivity contribution in [2.24, 2.45) is 9.98 Å². The highest BCUT2D eigenvalue weighted by atomic mass is 32.2. The van der Waals surface area contributed by atoms with Crippen molar-refractivity contribution in [1.29, 1.82) is 5.26 Å². The van der Waals surface area contributed by atoms with Crippen LogP contribution in [0.5, 0.6) is 0 Å². The first-order chi connectivity index (χ1) is 14.2. The van der Waals surface area contributed by atoms with Gasteiger partial charge >= 0.3 is 0 Å². The van der Waals surface area contributed by atoms with E-state index in [4.69, 9.17) is 5.26 Å². The van der Waals surface area contributed by atoms with Gasteiger partial charge in [0.2, 0.25) is 5.96 Å². The molecule has 0 aliphatic rings. The lowest BCUT2D eigenvalue weighted by molar-refractivity contribution is 0.766. The summed E-state index contributed by atoms with van der Waals surface area (Å²) in [5, 5.41) is 13.5. The molecular weight excluding hydrogens is 380 g/mol. The fraction of sp³-hybridized carbons (Fsp3) is 0.364. The molecule has 0 aliphatic heterocycles. The summed E-state index contributed by atoms with van der Waals surface area (Å²) >= 11 is 1.56. The highest BCUT2D eigenvalue weighted by Crippen LogP contribution is 2.16. The first-order valence-electron chi connectivity index (χ1n) is 9.79. The van der Waals surface area contributed by atoms with E-state index in [9.17, 15) is 0 Å². The number of hydrogen-bond acceptors (Lipinski definition) is 5. The van der Waals surface area contributed by atoms with E-state index in [2.05, 4.69) is 57.1 Å². The van der Waals surface area contributed by atoms with E-state index in [1.54, 1.807) is 25.1 Å². The number of pyridine rings is 1. The summed E-state index contributed by atoms with van der Waals surface area (Å²) in [5.41, 5.74) is 2.48. The Balaban J connectivity index is 1.92. The molecule has 1 heterocycles. The van der Waals surface area contributed by atoms with Gasteiger partial charge in [-0.1, -0.05) is 32.4 Å². The van der Waals surface area contributed by atoms with Gasteiger partial charge < -0.3 is 5.32 Å². The van der Waals surface area contributed by atoms with Gasteiger partial charge in [0, 0.05) is 31.4 Å². The van der Waals surface area contributed by atoms with E-state index in [1.165, 1.54) is 0 Å². The second kappa shape index (κ2) is 12.6. The Labute approximate surface area is 177 Å². The normalized spacial score (nSPS) is 13.1. The van der Waals surface area contributed by atoms with Crippen LogP contribution in [0.4, 0.5) is 0 Å². The maximum absolute atomic E-state index is 9.00. The summed E-state index contributed by atoms with van der Waals surface area (Å²) in [6.07, 6.45) is 10.8. The molecule has 1 atom stereocenters. The lowest BCUT2D eigenvalue weighted by Crippen LogP contribution is -2.34. The lowest BCUT2D eigenvalue weighted by Gasteiger charge is -2.15. The number of fused-ring (bicyclic) bond motifs is 1. The molecule has 0 fully saturated rings. The Morgan fingerprint density at radius 3 is 2.93 bits per heavy atom. The van der Waals surface area contributed by atoms with Crippen molar-refractivity contribution in [2.75, 3.05) is 7.05 Å². The van der Waals surface area contributed by atoms with Crippen LogP contribution in [0.25, 0.3) is 10.9 Å².